The average Bonchev–Trinajstić information content (AvgIpc) is 2.19. The number of carbonyl (C=O) groups excluding carboxylic acids is 1. The molecule has 3 nitrogen and oxygen atoms in total. The standard InChI is InChI=1S/C12H22O3/c1-10(6-7-13)9-11(2)15-12-5-3-4-8-14-12/h7,10-12H,3-6,8-9H2,1-2H3/t10-,11+,12?/m0/s1. The summed E-state index contributed by atoms with van der Waals surface area (Å²) in [7, 11) is 0. The first-order valence-corrected chi connectivity index (χ1v) is 5.93. The van der Waals surface area contributed by atoms with Crippen LogP contribution in [0.3, 0.4) is 0 Å². The second-order valence-corrected chi connectivity index (χ2v) is 4.49. The molecule has 1 aliphatic rings. The third-order valence-corrected chi connectivity index (χ3v) is 2.75. The first-order chi connectivity index (χ1) is 7.22. The fraction of sp³-hybridized carbons (Fsp3) is 0.917. The minimum Gasteiger partial charge on any atom is -0.353 e. The lowest BCUT2D eigenvalue weighted by Gasteiger charge is -2.27. The molecule has 3 atom stereocenters. The van der Waals surface area contributed by atoms with Gasteiger partial charge in [-0.3, -0.25) is 0 Å². The van der Waals surface area contributed by atoms with Gasteiger partial charge in [-0.15, -0.1) is 0 Å². The van der Waals surface area contributed by atoms with Gasteiger partial charge in [-0.1, -0.05) is 6.92 Å². The summed E-state index contributed by atoms with van der Waals surface area (Å²) in [6.45, 7) is 4.95. The van der Waals surface area contributed by atoms with Crippen molar-refractivity contribution in [1.82, 2.24) is 0 Å². The van der Waals surface area contributed by atoms with Crippen LogP contribution in [0.1, 0.15) is 46.0 Å². The van der Waals surface area contributed by atoms with Crippen LogP contribution in [0.25, 0.3) is 0 Å². The fourth-order valence-electron chi connectivity index (χ4n) is 1.96. The van der Waals surface area contributed by atoms with Crippen LogP contribution >= 0.6 is 0 Å². The maximum absolute atomic E-state index is 10.3. The van der Waals surface area contributed by atoms with E-state index < -0.39 is 0 Å². The molecular formula is C12H22O3. The highest BCUT2D eigenvalue weighted by atomic mass is 16.7. The van der Waals surface area contributed by atoms with E-state index in [0.29, 0.717) is 12.3 Å². The monoisotopic (exact) mass is 214 g/mol. The molecule has 1 aliphatic heterocycles. The lowest BCUT2D eigenvalue weighted by molar-refractivity contribution is -0.187. The van der Waals surface area contributed by atoms with Crippen LogP contribution in [0, 0.1) is 5.92 Å². The lowest BCUT2D eigenvalue weighted by atomic mass is 10.0. The number of hydrogen-bond donors (Lipinski definition) is 0. The Labute approximate surface area is 92.1 Å². The molecular weight excluding hydrogens is 192 g/mol. The summed E-state index contributed by atoms with van der Waals surface area (Å²) in [5.41, 5.74) is 0. The van der Waals surface area contributed by atoms with Gasteiger partial charge < -0.3 is 14.3 Å². The Hall–Kier alpha value is -0.410. The van der Waals surface area contributed by atoms with E-state index in [4.69, 9.17) is 9.47 Å². The highest BCUT2D eigenvalue weighted by Crippen LogP contribution is 2.18. The van der Waals surface area contributed by atoms with Gasteiger partial charge in [-0.25, -0.2) is 0 Å². The average molecular weight is 214 g/mol. The van der Waals surface area contributed by atoms with Gasteiger partial charge in [0.2, 0.25) is 0 Å². The molecule has 1 rings (SSSR count). The third-order valence-electron chi connectivity index (χ3n) is 2.75. The molecule has 0 aromatic carbocycles. The molecule has 0 saturated carbocycles. The molecule has 3 heteroatoms. The van der Waals surface area contributed by atoms with Crippen molar-refractivity contribution >= 4 is 6.29 Å². The van der Waals surface area contributed by atoms with E-state index in [1.54, 1.807) is 0 Å². The van der Waals surface area contributed by atoms with Crippen LogP contribution in [-0.2, 0) is 14.3 Å². The molecule has 0 N–H and O–H groups in total. The second kappa shape index (κ2) is 6.96. The highest BCUT2D eigenvalue weighted by Gasteiger charge is 2.18. The van der Waals surface area contributed by atoms with Crippen molar-refractivity contribution in [2.75, 3.05) is 6.61 Å². The van der Waals surface area contributed by atoms with Crippen molar-refractivity contribution in [1.29, 1.82) is 0 Å². The van der Waals surface area contributed by atoms with E-state index in [1.807, 2.05) is 0 Å². The van der Waals surface area contributed by atoms with Gasteiger partial charge in [0.15, 0.2) is 6.29 Å². The molecule has 0 aromatic heterocycles. The Morgan fingerprint density at radius 3 is 2.87 bits per heavy atom. The van der Waals surface area contributed by atoms with E-state index in [0.717, 1.165) is 32.2 Å². The van der Waals surface area contributed by atoms with E-state index in [9.17, 15) is 4.79 Å². The quantitative estimate of drug-likeness (QED) is 0.637. The minimum absolute atomic E-state index is 0.0165. The van der Waals surface area contributed by atoms with Crippen LogP contribution < -0.4 is 0 Å². The van der Waals surface area contributed by atoms with Gasteiger partial charge in [-0.05, 0) is 38.5 Å². The minimum atomic E-state index is -0.0165. The van der Waals surface area contributed by atoms with Crippen molar-refractivity contribution in [3.63, 3.8) is 0 Å². The van der Waals surface area contributed by atoms with Gasteiger partial charge in [0.05, 0.1) is 6.10 Å². The van der Waals surface area contributed by atoms with Crippen LogP contribution in [0.15, 0.2) is 0 Å². The fourth-order valence-corrected chi connectivity index (χ4v) is 1.96. The van der Waals surface area contributed by atoms with E-state index in [1.165, 1.54) is 6.42 Å². The Morgan fingerprint density at radius 2 is 2.27 bits per heavy atom. The Kier molecular flexibility index (Phi) is 5.88. The molecule has 0 amide bonds. The largest absolute Gasteiger partial charge is 0.353 e. The smallest absolute Gasteiger partial charge is 0.157 e. The summed E-state index contributed by atoms with van der Waals surface area (Å²) in [6, 6.07) is 0. The van der Waals surface area contributed by atoms with Crippen molar-refractivity contribution in [3.05, 3.63) is 0 Å². The van der Waals surface area contributed by atoms with Crippen LogP contribution in [-0.4, -0.2) is 25.3 Å². The first-order valence-electron chi connectivity index (χ1n) is 5.93. The zero-order valence-electron chi connectivity index (χ0n) is 9.78. The molecule has 0 bridgehead atoms. The van der Waals surface area contributed by atoms with E-state index in [-0.39, 0.29) is 12.4 Å². The highest BCUT2D eigenvalue weighted by molar-refractivity contribution is 5.49. The summed E-state index contributed by atoms with van der Waals surface area (Å²) in [6.07, 6.45) is 6.05. The number of aldehydes is 1. The summed E-state index contributed by atoms with van der Waals surface area (Å²) in [5, 5.41) is 0. The number of ether oxygens (including phenoxy) is 2. The SMILES string of the molecule is C[C@@H](CC=O)C[C@@H](C)OC1CCCCO1. The predicted octanol–water partition coefficient (Wildman–Crippen LogP) is 2.53. The molecule has 1 unspecified atom stereocenters. The number of carbonyl (C=O) groups is 1. The molecule has 88 valence electrons. The van der Waals surface area contributed by atoms with Gasteiger partial charge in [0, 0.05) is 13.0 Å². The van der Waals surface area contributed by atoms with Crippen molar-refractivity contribution in [2.45, 2.75) is 58.3 Å². The van der Waals surface area contributed by atoms with Gasteiger partial charge in [0.25, 0.3) is 0 Å². The van der Waals surface area contributed by atoms with E-state index >= 15 is 0 Å². The molecule has 0 radical (unpaired) electrons. The molecule has 1 saturated heterocycles. The summed E-state index contributed by atoms with van der Waals surface area (Å²) in [4.78, 5) is 10.3. The topological polar surface area (TPSA) is 35.5 Å². The second-order valence-electron chi connectivity index (χ2n) is 4.49. The van der Waals surface area contributed by atoms with Crippen molar-refractivity contribution in [3.8, 4) is 0 Å². The maximum Gasteiger partial charge on any atom is 0.157 e. The molecule has 0 spiro atoms. The summed E-state index contributed by atoms with van der Waals surface area (Å²) < 4.78 is 11.3. The normalized spacial score (nSPS) is 25.9. The molecule has 0 aliphatic carbocycles. The maximum atomic E-state index is 10.3. The van der Waals surface area contributed by atoms with Crippen molar-refractivity contribution < 1.29 is 14.3 Å². The molecule has 15 heavy (non-hydrogen) atoms. The van der Waals surface area contributed by atoms with Crippen LogP contribution in [0.4, 0.5) is 0 Å². The Morgan fingerprint density at radius 1 is 1.47 bits per heavy atom. The van der Waals surface area contributed by atoms with Crippen molar-refractivity contribution in [2.24, 2.45) is 5.92 Å². The lowest BCUT2D eigenvalue weighted by Crippen LogP contribution is -2.27. The zero-order chi connectivity index (χ0) is 11.1. The molecule has 1 heterocycles. The third kappa shape index (κ3) is 5.28. The summed E-state index contributed by atoms with van der Waals surface area (Å²) >= 11 is 0. The zero-order valence-corrected chi connectivity index (χ0v) is 9.78. The molecule has 0 aromatic rings. The van der Waals surface area contributed by atoms with Crippen LogP contribution in [0.5, 0.6) is 0 Å². The Balaban J connectivity index is 2.16. The van der Waals surface area contributed by atoms with E-state index in [2.05, 4.69) is 13.8 Å². The number of hydrogen-bond acceptors (Lipinski definition) is 3. The molecule has 1 fully saturated rings. The summed E-state index contributed by atoms with van der Waals surface area (Å²) in [5.74, 6) is 0.404. The first kappa shape index (κ1) is 12.7. The predicted molar refractivity (Wildman–Crippen MR) is 58.6 cm³/mol. The van der Waals surface area contributed by atoms with Gasteiger partial charge in [0.1, 0.15) is 6.29 Å². The Bertz CT molecular complexity index is 176. The van der Waals surface area contributed by atoms with Gasteiger partial charge in [-0.2, -0.15) is 0 Å². The van der Waals surface area contributed by atoms with Gasteiger partial charge >= 0.3 is 0 Å². The van der Waals surface area contributed by atoms with Crippen LogP contribution in [0.2, 0.25) is 0 Å². The number of rotatable bonds is 6.